The van der Waals surface area contributed by atoms with Gasteiger partial charge in [0, 0.05) is 12.1 Å². The fourth-order valence-corrected chi connectivity index (χ4v) is 3.35. The van der Waals surface area contributed by atoms with E-state index in [-0.39, 0.29) is 5.91 Å². The maximum absolute atomic E-state index is 12.6. The van der Waals surface area contributed by atoms with Crippen molar-refractivity contribution in [1.29, 1.82) is 0 Å². The quantitative estimate of drug-likeness (QED) is 0.508. The summed E-state index contributed by atoms with van der Waals surface area (Å²) in [5.74, 6) is 2.18. The van der Waals surface area contributed by atoms with Crippen LogP contribution in [-0.2, 0) is 13.1 Å². The molecule has 4 aromatic rings. The van der Waals surface area contributed by atoms with E-state index in [4.69, 9.17) is 14.5 Å². The van der Waals surface area contributed by atoms with Crippen LogP contribution in [0.2, 0.25) is 0 Å². The second-order valence-corrected chi connectivity index (χ2v) is 6.86. The van der Waals surface area contributed by atoms with Crippen molar-refractivity contribution in [2.24, 2.45) is 0 Å². The third-order valence-electron chi connectivity index (χ3n) is 4.99. The number of carbonyl (C=O) groups excluding carboxylic acids is 1. The van der Waals surface area contributed by atoms with E-state index in [0.717, 1.165) is 28.2 Å². The molecule has 0 aliphatic rings. The van der Waals surface area contributed by atoms with Crippen molar-refractivity contribution in [3.63, 3.8) is 0 Å². The lowest BCUT2D eigenvalue weighted by Gasteiger charge is -2.11. The molecule has 4 rings (SSSR count). The summed E-state index contributed by atoms with van der Waals surface area (Å²) in [5.41, 5.74) is 3.64. The van der Waals surface area contributed by atoms with Crippen molar-refractivity contribution >= 4 is 16.9 Å². The molecule has 1 N–H and O–H groups in total. The van der Waals surface area contributed by atoms with Crippen molar-refractivity contribution in [3.05, 3.63) is 89.7 Å². The zero-order chi connectivity index (χ0) is 20.9. The van der Waals surface area contributed by atoms with Gasteiger partial charge in [0.1, 0.15) is 17.3 Å². The Morgan fingerprint density at radius 3 is 2.20 bits per heavy atom. The second kappa shape index (κ2) is 8.69. The summed E-state index contributed by atoms with van der Waals surface area (Å²) >= 11 is 0. The molecule has 0 spiro atoms. The highest BCUT2D eigenvalue weighted by molar-refractivity contribution is 5.94. The number of amides is 1. The minimum Gasteiger partial charge on any atom is -0.497 e. The van der Waals surface area contributed by atoms with Gasteiger partial charge in [0.2, 0.25) is 0 Å². The maximum atomic E-state index is 12.6. The number of methoxy groups -OCH3 is 2. The van der Waals surface area contributed by atoms with Gasteiger partial charge < -0.3 is 19.4 Å². The van der Waals surface area contributed by atoms with E-state index in [0.29, 0.717) is 24.4 Å². The fraction of sp³-hybridized carbons (Fsp3) is 0.167. The van der Waals surface area contributed by atoms with Gasteiger partial charge in [-0.25, -0.2) is 4.98 Å². The van der Waals surface area contributed by atoms with E-state index in [1.54, 1.807) is 38.5 Å². The lowest BCUT2D eigenvalue weighted by atomic mass is 10.2. The number of carbonyl (C=O) groups is 1. The Balaban J connectivity index is 1.56. The molecular formula is C24H23N3O3. The SMILES string of the molecule is COc1ccc(Cn2c(CNC(=O)c3ccc(OC)cc3)nc3ccccc32)cc1. The highest BCUT2D eigenvalue weighted by atomic mass is 16.5. The molecular weight excluding hydrogens is 378 g/mol. The van der Waals surface area contributed by atoms with Gasteiger partial charge in [-0.2, -0.15) is 0 Å². The highest BCUT2D eigenvalue weighted by Crippen LogP contribution is 2.20. The van der Waals surface area contributed by atoms with Crippen molar-refractivity contribution in [1.82, 2.24) is 14.9 Å². The van der Waals surface area contributed by atoms with Gasteiger partial charge in [-0.15, -0.1) is 0 Å². The molecule has 1 amide bonds. The molecule has 0 fully saturated rings. The number of ether oxygens (including phenoxy) is 2. The van der Waals surface area contributed by atoms with Crippen molar-refractivity contribution in [2.75, 3.05) is 14.2 Å². The number of nitrogens with zero attached hydrogens (tertiary/aromatic N) is 2. The maximum Gasteiger partial charge on any atom is 0.251 e. The van der Waals surface area contributed by atoms with E-state index >= 15 is 0 Å². The van der Waals surface area contributed by atoms with Crippen LogP contribution in [0.1, 0.15) is 21.7 Å². The highest BCUT2D eigenvalue weighted by Gasteiger charge is 2.13. The van der Waals surface area contributed by atoms with E-state index in [2.05, 4.69) is 9.88 Å². The molecule has 1 heterocycles. The number of para-hydroxylation sites is 2. The predicted molar refractivity (Wildman–Crippen MR) is 116 cm³/mol. The van der Waals surface area contributed by atoms with Gasteiger partial charge in [0.25, 0.3) is 5.91 Å². The summed E-state index contributed by atoms with van der Waals surface area (Å²) in [6.45, 7) is 0.980. The van der Waals surface area contributed by atoms with E-state index in [9.17, 15) is 4.79 Å². The smallest absolute Gasteiger partial charge is 0.251 e. The third-order valence-corrected chi connectivity index (χ3v) is 4.99. The van der Waals surface area contributed by atoms with Gasteiger partial charge in [0.05, 0.1) is 31.8 Å². The number of imidazole rings is 1. The van der Waals surface area contributed by atoms with Gasteiger partial charge in [0.15, 0.2) is 0 Å². The molecule has 6 nitrogen and oxygen atoms in total. The molecule has 0 aliphatic heterocycles. The molecule has 0 bridgehead atoms. The van der Waals surface area contributed by atoms with Crippen LogP contribution in [-0.4, -0.2) is 29.7 Å². The Hall–Kier alpha value is -3.80. The summed E-state index contributed by atoms with van der Waals surface area (Å²) in [6, 6.07) is 23.0. The van der Waals surface area contributed by atoms with Crippen molar-refractivity contribution < 1.29 is 14.3 Å². The number of hydrogen-bond donors (Lipinski definition) is 1. The average molecular weight is 401 g/mol. The number of hydrogen-bond acceptors (Lipinski definition) is 4. The number of fused-ring (bicyclic) bond motifs is 1. The van der Waals surface area contributed by atoms with Crippen LogP contribution < -0.4 is 14.8 Å². The molecule has 0 saturated carbocycles. The zero-order valence-electron chi connectivity index (χ0n) is 17.0. The predicted octanol–water partition coefficient (Wildman–Crippen LogP) is 4.03. The van der Waals surface area contributed by atoms with Gasteiger partial charge in [-0.3, -0.25) is 4.79 Å². The topological polar surface area (TPSA) is 65.4 Å². The first-order valence-electron chi connectivity index (χ1n) is 9.67. The number of aromatic nitrogens is 2. The van der Waals surface area contributed by atoms with Crippen LogP contribution in [0.4, 0.5) is 0 Å². The summed E-state index contributed by atoms with van der Waals surface area (Å²) in [7, 11) is 3.25. The Labute approximate surface area is 175 Å². The van der Waals surface area contributed by atoms with Crippen LogP contribution in [0.3, 0.4) is 0 Å². The normalized spacial score (nSPS) is 10.7. The first-order valence-corrected chi connectivity index (χ1v) is 9.67. The van der Waals surface area contributed by atoms with Crippen LogP contribution in [0.25, 0.3) is 11.0 Å². The standard InChI is InChI=1S/C24H23N3O3/c1-29-19-11-7-17(8-12-19)16-27-22-6-4-3-5-21(22)26-23(27)15-25-24(28)18-9-13-20(30-2)14-10-18/h3-14H,15-16H2,1-2H3,(H,25,28). The Kier molecular flexibility index (Phi) is 5.66. The van der Waals surface area contributed by atoms with Crippen molar-refractivity contribution in [2.45, 2.75) is 13.1 Å². The molecule has 0 unspecified atom stereocenters. The second-order valence-electron chi connectivity index (χ2n) is 6.86. The van der Waals surface area contributed by atoms with Crippen LogP contribution >= 0.6 is 0 Å². The summed E-state index contributed by atoms with van der Waals surface area (Å²) in [5, 5.41) is 2.98. The van der Waals surface area contributed by atoms with Gasteiger partial charge in [-0.1, -0.05) is 24.3 Å². The summed E-state index contributed by atoms with van der Waals surface area (Å²) < 4.78 is 12.5. The fourth-order valence-electron chi connectivity index (χ4n) is 3.35. The lowest BCUT2D eigenvalue weighted by molar-refractivity contribution is 0.0949. The van der Waals surface area contributed by atoms with Crippen LogP contribution in [0, 0.1) is 0 Å². The van der Waals surface area contributed by atoms with Crippen LogP contribution in [0.15, 0.2) is 72.8 Å². The van der Waals surface area contributed by atoms with Gasteiger partial charge in [-0.05, 0) is 54.1 Å². The molecule has 30 heavy (non-hydrogen) atoms. The van der Waals surface area contributed by atoms with Gasteiger partial charge >= 0.3 is 0 Å². The Morgan fingerprint density at radius 2 is 1.53 bits per heavy atom. The van der Waals surface area contributed by atoms with E-state index < -0.39 is 0 Å². The third kappa shape index (κ3) is 4.12. The Bertz CT molecular complexity index is 1150. The van der Waals surface area contributed by atoms with Crippen molar-refractivity contribution in [3.8, 4) is 11.5 Å². The molecule has 0 radical (unpaired) electrons. The molecule has 6 heteroatoms. The first kappa shape index (κ1) is 19.5. The zero-order valence-corrected chi connectivity index (χ0v) is 17.0. The first-order chi connectivity index (χ1) is 14.7. The molecule has 3 aromatic carbocycles. The minimum atomic E-state index is -0.152. The molecule has 1 aromatic heterocycles. The van der Waals surface area contributed by atoms with E-state index in [1.165, 1.54) is 0 Å². The molecule has 152 valence electrons. The lowest BCUT2D eigenvalue weighted by Crippen LogP contribution is -2.24. The number of nitrogens with one attached hydrogen (secondary N) is 1. The van der Waals surface area contributed by atoms with Crippen LogP contribution in [0.5, 0.6) is 11.5 Å². The number of benzene rings is 3. The molecule has 0 aliphatic carbocycles. The number of rotatable bonds is 7. The summed E-state index contributed by atoms with van der Waals surface area (Å²) in [4.78, 5) is 17.3. The molecule has 0 saturated heterocycles. The minimum absolute atomic E-state index is 0.152. The van der Waals surface area contributed by atoms with E-state index in [1.807, 2.05) is 48.5 Å². The largest absolute Gasteiger partial charge is 0.497 e. The molecule has 0 atom stereocenters. The summed E-state index contributed by atoms with van der Waals surface area (Å²) in [6.07, 6.45) is 0. The Morgan fingerprint density at radius 1 is 0.900 bits per heavy atom. The average Bonchev–Trinajstić information content (AvgIpc) is 3.15. The monoisotopic (exact) mass is 401 g/mol.